The van der Waals surface area contributed by atoms with E-state index in [2.05, 4.69) is 15.9 Å². The molecule has 0 aliphatic carbocycles. The minimum absolute atomic E-state index is 0.310. The third-order valence-electron chi connectivity index (χ3n) is 5.90. The van der Waals surface area contributed by atoms with Crippen LogP contribution in [0, 0.1) is 6.92 Å². The van der Waals surface area contributed by atoms with Crippen LogP contribution in [0.5, 0.6) is 17.2 Å². The van der Waals surface area contributed by atoms with E-state index >= 15 is 0 Å². The highest BCUT2D eigenvalue weighted by Gasteiger charge is 2.22. The van der Waals surface area contributed by atoms with E-state index in [0.29, 0.717) is 13.4 Å². The van der Waals surface area contributed by atoms with Crippen molar-refractivity contribution >= 4 is 16.9 Å². The summed E-state index contributed by atoms with van der Waals surface area (Å²) in [5, 5.41) is 1.05. The topological polar surface area (TPSA) is 60.0 Å². The molecule has 7 heteroatoms. The minimum Gasteiger partial charge on any atom is -0.494 e. The van der Waals surface area contributed by atoms with Crippen molar-refractivity contribution in [2.45, 2.75) is 26.8 Å². The Hall–Kier alpha value is -3.06. The maximum absolute atomic E-state index is 5.68. The minimum atomic E-state index is 0.310. The molecular formula is C24H28N4O3. The second-order valence-corrected chi connectivity index (χ2v) is 7.99. The number of para-hydroxylation sites is 1. The van der Waals surface area contributed by atoms with Gasteiger partial charge < -0.3 is 19.1 Å². The average molecular weight is 421 g/mol. The van der Waals surface area contributed by atoms with Crippen LogP contribution in [0.1, 0.15) is 24.6 Å². The summed E-state index contributed by atoms with van der Waals surface area (Å²) >= 11 is 0. The second-order valence-electron chi connectivity index (χ2n) is 7.99. The van der Waals surface area contributed by atoms with Gasteiger partial charge in [-0.05, 0) is 44.5 Å². The van der Waals surface area contributed by atoms with Crippen LogP contribution in [0.3, 0.4) is 0 Å². The monoisotopic (exact) mass is 420 g/mol. The van der Waals surface area contributed by atoms with Gasteiger partial charge >= 0.3 is 0 Å². The fourth-order valence-electron chi connectivity index (χ4n) is 4.33. The van der Waals surface area contributed by atoms with Gasteiger partial charge in [-0.3, -0.25) is 4.90 Å². The summed E-state index contributed by atoms with van der Waals surface area (Å²) < 4.78 is 16.8. The molecule has 2 aliphatic heterocycles. The quantitative estimate of drug-likeness (QED) is 0.623. The van der Waals surface area contributed by atoms with E-state index in [1.165, 1.54) is 5.56 Å². The summed E-state index contributed by atoms with van der Waals surface area (Å²) in [6, 6.07) is 12.2. The third kappa shape index (κ3) is 4.10. The van der Waals surface area contributed by atoms with Crippen molar-refractivity contribution in [3.8, 4) is 17.2 Å². The molecule has 3 heterocycles. The van der Waals surface area contributed by atoms with E-state index in [-0.39, 0.29) is 0 Å². The molecule has 0 saturated carbocycles. The summed E-state index contributed by atoms with van der Waals surface area (Å²) in [5.41, 5.74) is 3.13. The van der Waals surface area contributed by atoms with Gasteiger partial charge in [0.25, 0.3) is 0 Å². The van der Waals surface area contributed by atoms with Gasteiger partial charge in [-0.25, -0.2) is 9.97 Å². The van der Waals surface area contributed by atoms with E-state index in [1.807, 2.05) is 44.2 Å². The van der Waals surface area contributed by atoms with E-state index in [0.717, 1.165) is 78.9 Å². The normalized spacial score (nSPS) is 16.5. The summed E-state index contributed by atoms with van der Waals surface area (Å²) in [4.78, 5) is 14.5. The molecule has 5 rings (SSSR count). The Balaban J connectivity index is 1.31. The predicted octanol–water partition coefficient (Wildman–Crippen LogP) is 3.78. The average Bonchev–Trinajstić information content (AvgIpc) is 3.14. The molecule has 0 bridgehead atoms. The van der Waals surface area contributed by atoms with Crippen LogP contribution in [0.4, 0.5) is 5.95 Å². The van der Waals surface area contributed by atoms with Crippen LogP contribution >= 0.6 is 0 Å². The zero-order chi connectivity index (χ0) is 21.2. The molecule has 1 fully saturated rings. The number of benzene rings is 2. The van der Waals surface area contributed by atoms with E-state index in [4.69, 9.17) is 24.2 Å². The first kappa shape index (κ1) is 19.9. The van der Waals surface area contributed by atoms with Crippen molar-refractivity contribution in [3.05, 3.63) is 47.7 Å². The Bertz CT molecular complexity index is 1090. The zero-order valence-corrected chi connectivity index (χ0v) is 18.1. The number of hydrogen-bond donors (Lipinski definition) is 0. The standard InChI is InChI=1S/C24H28N4O3/c1-3-29-19-8-9-21-20(14-19)17(2)25-24(26-21)28-11-5-10-27(12-13-28)15-18-6-4-7-22-23(18)31-16-30-22/h4,6-9,14H,3,5,10-13,15-16H2,1-2H3. The van der Waals surface area contributed by atoms with Crippen molar-refractivity contribution < 1.29 is 14.2 Å². The third-order valence-corrected chi connectivity index (χ3v) is 5.90. The molecule has 2 aromatic carbocycles. The number of ether oxygens (including phenoxy) is 3. The maximum Gasteiger partial charge on any atom is 0.231 e. The summed E-state index contributed by atoms with van der Waals surface area (Å²) in [6.45, 7) is 9.69. The Kier molecular flexibility index (Phi) is 5.51. The van der Waals surface area contributed by atoms with E-state index in [9.17, 15) is 0 Å². The summed E-state index contributed by atoms with van der Waals surface area (Å²) in [5.74, 6) is 3.42. The van der Waals surface area contributed by atoms with E-state index < -0.39 is 0 Å². The van der Waals surface area contributed by atoms with Gasteiger partial charge in [-0.1, -0.05) is 12.1 Å². The van der Waals surface area contributed by atoms with Gasteiger partial charge in [-0.2, -0.15) is 0 Å². The van der Waals surface area contributed by atoms with Crippen LogP contribution in [0.2, 0.25) is 0 Å². The van der Waals surface area contributed by atoms with Crippen LogP contribution in [0.15, 0.2) is 36.4 Å². The number of aromatic nitrogens is 2. The van der Waals surface area contributed by atoms with Crippen molar-refractivity contribution in [2.75, 3.05) is 44.5 Å². The summed E-state index contributed by atoms with van der Waals surface area (Å²) in [6.07, 6.45) is 1.07. The lowest BCUT2D eigenvalue weighted by Gasteiger charge is -2.23. The van der Waals surface area contributed by atoms with Crippen LogP contribution in [-0.2, 0) is 6.54 Å². The first-order valence-corrected chi connectivity index (χ1v) is 11.0. The Labute approximate surface area is 182 Å². The second kappa shape index (κ2) is 8.59. The lowest BCUT2D eigenvalue weighted by atomic mass is 10.1. The largest absolute Gasteiger partial charge is 0.494 e. The molecule has 0 N–H and O–H groups in total. The van der Waals surface area contributed by atoms with Crippen molar-refractivity contribution in [2.24, 2.45) is 0 Å². The SMILES string of the molecule is CCOc1ccc2nc(N3CCCN(Cc4cccc5c4OCO5)CC3)nc(C)c2c1. The zero-order valence-electron chi connectivity index (χ0n) is 18.1. The molecule has 2 aliphatic rings. The Morgan fingerprint density at radius 3 is 2.87 bits per heavy atom. The van der Waals surface area contributed by atoms with Crippen molar-refractivity contribution in [1.82, 2.24) is 14.9 Å². The molecule has 0 spiro atoms. The van der Waals surface area contributed by atoms with E-state index in [1.54, 1.807) is 0 Å². The predicted molar refractivity (Wildman–Crippen MR) is 120 cm³/mol. The van der Waals surface area contributed by atoms with Gasteiger partial charge in [0.05, 0.1) is 17.8 Å². The molecule has 0 atom stereocenters. The molecule has 31 heavy (non-hydrogen) atoms. The smallest absolute Gasteiger partial charge is 0.231 e. The van der Waals surface area contributed by atoms with Crippen molar-refractivity contribution in [3.63, 3.8) is 0 Å². The molecule has 7 nitrogen and oxygen atoms in total. The fraction of sp³-hybridized carbons (Fsp3) is 0.417. The molecule has 1 saturated heterocycles. The number of hydrogen-bond acceptors (Lipinski definition) is 7. The molecular weight excluding hydrogens is 392 g/mol. The number of aryl methyl sites for hydroxylation is 1. The van der Waals surface area contributed by atoms with Gasteiger partial charge in [0.2, 0.25) is 12.7 Å². The first-order chi connectivity index (χ1) is 15.2. The lowest BCUT2D eigenvalue weighted by molar-refractivity contribution is 0.172. The molecule has 3 aromatic rings. The van der Waals surface area contributed by atoms with Gasteiger partial charge in [0.1, 0.15) is 5.75 Å². The highest BCUT2D eigenvalue weighted by Crippen LogP contribution is 2.36. The Morgan fingerprint density at radius 1 is 1.03 bits per heavy atom. The first-order valence-electron chi connectivity index (χ1n) is 11.0. The highest BCUT2D eigenvalue weighted by molar-refractivity contribution is 5.83. The van der Waals surface area contributed by atoms with Gasteiger partial charge in [0.15, 0.2) is 11.5 Å². The Morgan fingerprint density at radius 2 is 1.97 bits per heavy atom. The van der Waals surface area contributed by atoms with Gasteiger partial charge in [0, 0.05) is 43.7 Å². The molecule has 0 radical (unpaired) electrons. The maximum atomic E-state index is 5.68. The number of fused-ring (bicyclic) bond motifs is 2. The van der Waals surface area contributed by atoms with Crippen molar-refractivity contribution in [1.29, 1.82) is 0 Å². The lowest BCUT2D eigenvalue weighted by Crippen LogP contribution is -2.31. The molecule has 0 unspecified atom stereocenters. The molecule has 0 amide bonds. The number of anilines is 1. The number of rotatable bonds is 5. The molecule has 1 aromatic heterocycles. The van der Waals surface area contributed by atoms with Crippen LogP contribution < -0.4 is 19.1 Å². The van der Waals surface area contributed by atoms with Crippen LogP contribution in [-0.4, -0.2) is 54.4 Å². The van der Waals surface area contributed by atoms with Crippen LogP contribution in [0.25, 0.3) is 10.9 Å². The summed E-state index contributed by atoms with van der Waals surface area (Å²) in [7, 11) is 0. The highest BCUT2D eigenvalue weighted by atomic mass is 16.7. The van der Waals surface area contributed by atoms with Gasteiger partial charge in [-0.15, -0.1) is 0 Å². The number of nitrogens with zero attached hydrogens (tertiary/aromatic N) is 4. The molecule has 162 valence electrons. The fourth-order valence-corrected chi connectivity index (χ4v) is 4.33.